The normalized spacial score (nSPS) is 31.6. The van der Waals surface area contributed by atoms with E-state index in [-0.39, 0.29) is 0 Å². The van der Waals surface area contributed by atoms with E-state index in [1.807, 2.05) is 11.8 Å². The smallest absolute Gasteiger partial charge is 0.156 e. The highest BCUT2D eigenvalue weighted by atomic mass is 32.2. The number of hydrogen-bond donors (Lipinski definition) is 1. The first kappa shape index (κ1) is 14.3. The molecule has 2 saturated heterocycles. The van der Waals surface area contributed by atoms with E-state index < -0.39 is 0 Å². The van der Waals surface area contributed by atoms with Crippen molar-refractivity contribution in [2.24, 2.45) is 4.99 Å². The molecule has 1 aromatic rings. The van der Waals surface area contributed by atoms with Crippen LogP contribution in [0.1, 0.15) is 25.3 Å². The number of benzene rings is 1. The number of amidine groups is 1. The summed E-state index contributed by atoms with van der Waals surface area (Å²) in [5.41, 5.74) is 1.41. The second-order valence-electron chi connectivity index (χ2n) is 5.87. The van der Waals surface area contributed by atoms with Crippen LogP contribution in [0.3, 0.4) is 0 Å². The summed E-state index contributed by atoms with van der Waals surface area (Å²) in [6.07, 6.45) is 3.76. The maximum Gasteiger partial charge on any atom is 0.156 e. The fraction of sp³-hybridized carbons (Fsp3) is 0.562. The number of aliphatic imine (C=N–C) groups is 1. The van der Waals surface area contributed by atoms with E-state index in [0.29, 0.717) is 10.8 Å². The average molecular weight is 307 g/mol. The Hall–Kier alpha value is -0.610. The summed E-state index contributed by atoms with van der Waals surface area (Å²) >= 11 is 3.97. The second kappa shape index (κ2) is 6.44. The Balaban J connectivity index is 1.51. The van der Waals surface area contributed by atoms with Crippen molar-refractivity contribution in [3.63, 3.8) is 0 Å². The zero-order valence-corrected chi connectivity index (χ0v) is 13.6. The summed E-state index contributed by atoms with van der Waals surface area (Å²) < 4.78 is 0.382. The molecule has 108 valence electrons. The predicted octanol–water partition coefficient (Wildman–Crippen LogP) is 3.58. The predicted molar refractivity (Wildman–Crippen MR) is 91.9 cm³/mol. The molecular formula is C16H22N2S2. The van der Waals surface area contributed by atoms with Crippen molar-refractivity contribution < 1.29 is 0 Å². The van der Waals surface area contributed by atoms with Crippen LogP contribution >= 0.6 is 23.5 Å². The molecule has 0 amide bonds. The maximum atomic E-state index is 4.82. The summed E-state index contributed by atoms with van der Waals surface area (Å²) in [5.74, 6) is 2.44. The lowest BCUT2D eigenvalue weighted by Crippen LogP contribution is -2.30. The van der Waals surface area contributed by atoms with Crippen molar-refractivity contribution in [3.05, 3.63) is 35.9 Å². The summed E-state index contributed by atoms with van der Waals surface area (Å²) in [6, 6.07) is 11.3. The second-order valence-corrected chi connectivity index (χ2v) is 8.56. The van der Waals surface area contributed by atoms with Gasteiger partial charge in [0.05, 0.1) is 6.54 Å². The summed E-state index contributed by atoms with van der Waals surface area (Å²) in [7, 11) is 0. The first-order valence-corrected chi connectivity index (χ1v) is 9.32. The van der Waals surface area contributed by atoms with Gasteiger partial charge < -0.3 is 5.32 Å². The summed E-state index contributed by atoms with van der Waals surface area (Å²) in [5, 5.41) is 4.74. The molecule has 4 heteroatoms. The van der Waals surface area contributed by atoms with Gasteiger partial charge in [-0.25, -0.2) is 0 Å². The minimum Gasteiger partial charge on any atom is -0.361 e. The van der Waals surface area contributed by atoms with E-state index >= 15 is 0 Å². The van der Waals surface area contributed by atoms with Crippen molar-refractivity contribution in [2.75, 3.05) is 18.1 Å². The van der Waals surface area contributed by atoms with Gasteiger partial charge >= 0.3 is 0 Å². The number of hydrogen-bond acceptors (Lipinski definition) is 3. The van der Waals surface area contributed by atoms with Crippen LogP contribution in [0.4, 0.5) is 0 Å². The van der Waals surface area contributed by atoms with E-state index in [2.05, 4.69) is 54.3 Å². The number of thioether (sulfide) groups is 2. The number of rotatable bonds is 4. The Labute approximate surface area is 130 Å². The van der Waals surface area contributed by atoms with Gasteiger partial charge in [-0.2, -0.15) is 11.8 Å². The van der Waals surface area contributed by atoms with Crippen LogP contribution < -0.4 is 5.32 Å². The van der Waals surface area contributed by atoms with Gasteiger partial charge in [-0.15, -0.1) is 0 Å². The third-order valence-electron chi connectivity index (χ3n) is 3.93. The fourth-order valence-corrected chi connectivity index (χ4v) is 4.93. The molecule has 2 nitrogen and oxygen atoms in total. The van der Waals surface area contributed by atoms with Gasteiger partial charge in [-0.3, -0.25) is 4.99 Å². The van der Waals surface area contributed by atoms with Crippen molar-refractivity contribution in [3.8, 4) is 0 Å². The Kier molecular flexibility index (Phi) is 4.61. The standard InChI is InChI=1S/C16H22N2S2/c1-16(8-5-9-20-16)12-17-15-18-14(11-19-15)10-13-6-3-2-4-7-13/h2-4,6-7,14H,5,8-12H2,1H3,(H,17,18). The zero-order valence-electron chi connectivity index (χ0n) is 12.0. The molecule has 1 N–H and O–H groups in total. The van der Waals surface area contributed by atoms with E-state index in [1.54, 1.807) is 0 Å². The molecule has 2 fully saturated rings. The Morgan fingerprint density at radius 3 is 2.95 bits per heavy atom. The molecule has 0 radical (unpaired) electrons. The first-order valence-electron chi connectivity index (χ1n) is 7.35. The molecule has 0 aliphatic carbocycles. The van der Waals surface area contributed by atoms with E-state index in [9.17, 15) is 0 Å². The number of nitrogens with zero attached hydrogens (tertiary/aromatic N) is 1. The van der Waals surface area contributed by atoms with Crippen LogP contribution in [0.25, 0.3) is 0 Å². The lowest BCUT2D eigenvalue weighted by molar-refractivity contribution is 0.616. The van der Waals surface area contributed by atoms with E-state index in [0.717, 1.165) is 23.9 Å². The van der Waals surface area contributed by atoms with Gasteiger partial charge in [0.15, 0.2) is 5.17 Å². The van der Waals surface area contributed by atoms with Gasteiger partial charge in [0.1, 0.15) is 0 Å². The zero-order chi connectivity index (χ0) is 13.8. The van der Waals surface area contributed by atoms with Gasteiger partial charge in [0.2, 0.25) is 0 Å². The minimum absolute atomic E-state index is 0.382. The molecule has 0 saturated carbocycles. The highest BCUT2D eigenvalue weighted by Gasteiger charge is 2.30. The van der Waals surface area contributed by atoms with Crippen molar-refractivity contribution in [1.29, 1.82) is 0 Å². The van der Waals surface area contributed by atoms with Crippen molar-refractivity contribution in [2.45, 2.75) is 37.0 Å². The van der Waals surface area contributed by atoms with Crippen LogP contribution in [0.15, 0.2) is 35.3 Å². The highest BCUT2D eigenvalue weighted by Crippen LogP contribution is 2.38. The van der Waals surface area contributed by atoms with Gasteiger partial charge in [-0.1, -0.05) is 42.1 Å². The van der Waals surface area contributed by atoms with Crippen LogP contribution in [0, 0.1) is 0 Å². The first-order chi connectivity index (χ1) is 9.73. The molecule has 2 aliphatic rings. The minimum atomic E-state index is 0.382. The average Bonchev–Trinajstić information content (AvgIpc) is 3.08. The Bertz CT molecular complexity index is 467. The molecule has 1 aromatic carbocycles. The van der Waals surface area contributed by atoms with Gasteiger partial charge in [-0.05, 0) is 37.5 Å². The van der Waals surface area contributed by atoms with Crippen LogP contribution in [0.5, 0.6) is 0 Å². The lowest BCUT2D eigenvalue weighted by atomic mass is 10.1. The maximum absolute atomic E-state index is 4.82. The Morgan fingerprint density at radius 2 is 2.20 bits per heavy atom. The molecule has 2 heterocycles. The fourth-order valence-electron chi connectivity index (χ4n) is 2.74. The molecule has 2 unspecified atom stereocenters. The Morgan fingerprint density at radius 1 is 1.35 bits per heavy atom. The number of nitrogens with one attached hydrogen (secondary N) is 1. The van der Waals surface area contributed by atoms with Crippen LogP contribution in [-0.4, -0.2) is 34.0 Å². The van der Waals surface area contributed by atoms with Gasteiger partial charge in [0, 0.05) is 16.5 Å². The molecule has 0 bridgehead atoms. The molecule has 20 heavy (non-hydrogen) atoms. The monoisotopic (exact) mass is 306 g/mol. The van der Waals surface area contributed by atoms with Crippen molar-refractivity contribution in [1.82, 2.24) is 5.32 Å². The molecule has 0 spiro atoms. The molecule has 0 aromatic heterocycles. The third-order valence-corrected chi connectivity index (χ3v) is 6.54. The van der Waals surface area contributed by atoms with Crippen molar-refractivity contribution >= 4 is 28.7 Å². The van der Waals surface area contributed by atoms with Gasteiger partial charge in [0.25, 0.3) is 0 Å². The summed E-state index contributed by atoms with van der Waals surface area (Å²) in [4.78, 5) is 4.82. The molecule has 3 rings (SSSR count). The van der Waals surface area contributed by atoms with Crippen LogP contribution in [0.2, 0.25) is 0 Å². The van der Waals surface area contributed by atoms with Crippen LogP contribution in [-0.2, 0) is 6.42 Å². The van der Waals surface area contributed by atoms with E-state index in [1.165, 1.54) is 24.2 Å². The molecule has 2 aliphatic heterocycles. The quantitative estimate of drug-likeness (QED) is 0.920. The van der Waals surface area contributed by atoms with E-state index in [4.69, 9.17) is 4.99 Å². The molecule has 2 atom stereocenters. The highest BCUT2D eigenvalue weighted by molar-refractivity contribution is 8.14. The third kappa shape index (κ3) is 3.73. The summed E-state index contributed by atoms with van der Waals surface area (Å²) in [6.45, 7) is 3.32. The largest absolute Gasteiger partial charge is 0.361 e. The topological polar surface area (TPSA) is 24.4 Å². The SMILES string of the molecule is CC1(CN=C2NC(Cc3ccccc3)CS2)CCCS1. The lowest BCUT2D eigenvalue weighted by Gasteiger charge is -2.19. The molecular weight excluding hydrogens is 284 g/mol.